The van der Waals surface area contributed by atoms with Crippen LogP contribution in [0.2, 0.25) is 0 Å². The van der Waals surface area contributed by atoms with Gasteiger partial charge in [-0.25, -0.2) is 0 Å². The molecule has 82 valence electrons. The number of carboxylic acid groups (broad SMARTS) is 1. The van der Waals surface area contributed by atoms with Gasteiger partial charge in [0.15, 0.2) is 11.5 Å². The molecule has 0 saturated carbocycles. The minimum Gasteiger partial charge on any atom is -0.504 e. The zero-order chi connectivity index (χ0) is 11.6. The van der Waals surface area contributed by atoms with Gasteiger partial charge < -0.3 is 15.3 Å². The van der Waals surface area contributed by atoms with Crippen molar-refractivity contribution in [1.82, 2.24) is 0 Å². The van der Waals surface area contributed by atoms with Crippen LogP contribution in [0.5, 0.6) is 11.5 Å². The first-order valence-electron chi connectivity index (χ1n) is 4.68. The van der Waals surface area contributed by atoms with Gasteiger partial charge in [-0.2, -0.15) is 0 Å². The number of aromatic hydroxyl groups is 2. The van der Waals surface area contributed by atoms with E-state index in [0.717, 1.165) is 0 Å². The van der Waals surface area contributed by atoms with E-state index in [0.29, 0.717) is 5.56 Å². The maximum atomic E-state index is 11.0. The highest BCUT2D eigenvalue weighted by Crippen LogP contribution is 2.31. The van der Waals surface area contributed by atoms with Crippen molar-refractivity contribution in [1.29, 1.82) is 0 Å². The van der Waals surface area contributed by atoms with E-state index in [9.17, 15) is 9.90 Å². The van der Waals surface area contributed by atoms with Crippen LogP contribution in [0.15, 0.2) is 18.2 Å². The Hall–Kier alpha value is -1.71. The first kappa shape index (κ1) is 11.4. The molecule has 0 fully saturated rings. The van der Waals surface area contributed by atoms with Crippen LogP contribution < -0.4 is 0 Å². The van der Waals surface area contributed by atoms with Crippen molar-refractivity contribution < 1.29 is 20.1 Å². The predicted molar refractivity (Wildman–Crippen MR) is 55.0 cm³/mol. The molecular formula is C11H14O4. The molecule has 0 radical (unpaired) electrons. The van der Waals surface area contributed by atoms with Crippen LogP contribution in [0, 0.1) is 5.92 Å². The number of rotatable bonds is 3. The van der Waals surface area contributed by atoms with Crippen LogP contribution in [-0.2, 0) is 4.79 Å². The van der Waals surface area contributed by atoms with Gasteiger partial charge in [-0.3, -0.25) is 4.79 Å². The second-order valence-corrected chi connectivity index (χ2v) is 3.81. The van der Waals surface area contributed by atoms with E-state index in [1.165, 1.54) is 18.2 Å². The molecule has 1 rings (SSSR count). The summed E-state index contributed by atoms with van der Waals surface area (Å²) in [6.45, 7) is 3.59. The molecule has 0 aliphatic heterocycles. The molecule has 3 N–H and O–H groups in total. The molecule has 0 saturated heterocycles. The van der Waals surface area contributed by atoms with E-state index in [1.54, 1.807) is 13.8 Å². The Kier molecular flexibility index (Phi) is 3.19. The van der Waals surface area contributed by atoms with E-state index < -0.39 is 11.9 Å². The van der Waals surface area contributed by atoms with Crippen molar-refractivity contribution in [3.63, 3.8) is 0 Å². The molecule has 4 nitrogen and oxygen atoms in total. The second-order valence-electron chi connectivity index (χ2n) is 3.81. The number of phenols is 2. The van der Waals surface area contributed by atoms with Crippen molar-refractivity contribution in [3.8, 4) is 11.5 Å². The largest absolute Gasteiger partial charge is 0.504 e. The van der Waals surface area contributed by atoms with Crippen LogP contribution in [0.4, 0.5) is 0 Å². The standard InChI is InChI=1S/C11H14O4/c1-6(2)10(11(14)15)7-3-4-8(12)9(13)5-7/h3-6,10,12-13H,1-2H3,(H,14,15). The van der Waals surface area contributed by atoms with Gasteiger partial charge in [-0.05, 0) is 23.6 Å². The molecular weight excluding hydrogens is 196 g/mol. The average molecular weight is 210 g/mol. The minimum atomic E-state index is -0.935. The Morgan fingerprint density at radius 3 is 2.20 bits per heavy atom. The Labute approximate surface area is 87.8 Å². The molecule has 1 atom stereocenters. The summed E-state index contributed by atoms with van der Waals surface area (Å²) in [6.07, 6.45) is 0. The van der Waals surface area contributed by atoms with Gasteiger partial charge >= 0.3 is 5.97 Å². The fraction of sp³-hybridized carbons (Fsp3) is 0.364. The van der Waals surface area contributed by atoms with Crippen LogP contribution in [0.25, 0.3) is 0 Å². The smallest absolute Gasteiger partial charge is 0.311 e. The van der Waals surface area contributed by atoms with E-state index in [2.05, 4.69) is 0 Å². The molecule has 0 aliphatic rings. The molecule has 0 heterocycles. The lowest BCUT2D eigenvalue weighted by Crippen LogP contribution is -2.17. The van der Waals surface area contributed by atoms with E-state index in [1.807, 2.05) is 0 Å². The summed E-state index contributed by atoms with van der Waals surface area (Å²) in [4.78, 5) is 11.0. The van der Waals surface area contributed by atoms with Crippen molar-refractivity contribution >= 4 is 5.97 Å². The third-order valence-corrected chi connectivity index (χ3v) is 2.29. The molecule has 1 unspecified atom stereocenters. The first-order valence-corrected chi connectivity index (χ1v) is 4.68. The lowest BCUT2D eigenvalue weighted by atomic mass is 9.88. The fourth-order valence-electron chi connectivity index (χ4n) is 1.55. The number of aliphatic carboxylic acids is 1. The number of hydrogen-bond acceptors (Lipinski definition) is 3. The predicted octanol–water partition coefficient (Wildman–Crippen LogP) is 1.92. The highest BCUT2D eigenvalue weighted by molar-refractivity contribution is 5.76. The molecule has 1 aromatic rings. The van der Waals surface area contributed by atoms with Gasteiger partial charge in [-0.1, -0.05) is 19.9 Å². The topological polar surface area (TPSA) is 77.8 Å². The summed E-state index contributed by atoms with van der Waals surface area (Å²) in [5.41, 5.74) is 0.493. The third-order valence-electron chi connectivity index (χ3n) is 2.29. The maximum absolute atomic E-state index is 11.0. The lowest BCUT2D eigenvalue weighted by Gasteiger charge is -2.16. The first-order chi connectivity index (χ1) is 6.93. The number of carboxylic acids is 1. The fourth-order valence-corrected chi connectivity index (χ4v) is 1.55. The highest BCUT2D eigenvalue weighted by atomic mass is 16.4. The summed E-state index contributed by atoms with van der Waals surface area (Å²) in [5, 5.41) is 27.4. The highest BCUT2D eigenvalue weighted by Gasteiger charge is 2.24. The van der Waals surface area contributed by atoms with Crippen molar-refractivity contribution in [3.05, 3.63) is 23.8 Å². The quantitative estimate of drug-likeness (QED) is 0.666. The van der Waals surface area contributed by atoms with E-state index in [-0.39, 0.29) is 17.4 Å². The molecule has 0 bridgehead atoms. The van der Waals surface area contributed by atoms with Gasteiger partial charge in [0.1, 0.15) is 0 Å². The summed E-state index contributed by atoms with van der Waals surface area (Å²) >= 11 is 0. The Morgan fingerprint density at radius 2 is 1.80 bits per heavy atom. The van der Waals surface area contributed by atoms with Gasteiger partial charge in [0.25, 0.3) is 0 Å². The summed E-state index contributed by atoms with van der Waals surface area (Å²) in [7, 11) is 0. The van der Waals surface area contributed by atoms with Crippen LogP contribution in [0.1, 0.15) is 25.3 Å². The van der Waals surface area contributed by atoms with Gasteiger partial charge in [-0.15, -0.1) is 0 Å². The normalized spacial score (nSPS) is 12.7. The minimum absolute atomic E-state index is 0.0774. The molecule has 4 heteroatoms. The van der Waals surface area contributed by atoms with Gasteiger partial charge in [0, 0.05) is 0 Å². The van der Waals surface area contributed by atoms with Crippen molar-refractivity contribution in [2.24, 2.45) is 5.92 Å². The number of carbonyl (C=O) groups is 1. The number of benzene rings is 1. The molecule has 15 heavy (non-hydrogen) atoms. The zero-order valence-electron chi connectivity index (χ0n) is 8.64. The van der Waals surface area contributed by atoms with Crippen molar-refractivity contribution in [2.75, 3.05) is 0 Å². The Balaban J connectivity index is 3.12. The maximum Gasteiger partial charge on any atom is 0.311 e. The third kappa shape index (κ3) is 2.40. The Morgan fingerprint density at radius 1 is 1.20 bits per heavy atom. The molecule has 0 spiro atoms. The molecule has 0 aliphatic carbocycles. The lowest BCUT2D eigenvalue weighted by molar-refractivity contribution is -0.139. The summed E-state index contributed by atoms with van der Waals surface area (Å²) < 4.78 is 0. The van der Waals surface area contributed by atoms with Crippen molar-refractivity contribution in [2.45, 2.75) is 19.8 Å². The number of hydrogen-bond donors (Lipinski definition) is 3. The van der Waals surface area contributed by atoms with Gasteiger partial charge in [0.05, 0.1) is 5.92 Å². The number of phenolic OH excluding ortho intramolecular Hbond substituents is 2. The summed E-state index contributed by atoms with van der Waals surface area (Å²) in [5.74, 6) is -2.22. The SMILES string of the molecule is CC(C)C(C(=O)O)c1ccc(O)c(O)c1. The Bertz CT molecular complexity index is 371. The molecule has 0 amide bonds. The van der Waals surface area contributed by atoms with E-state index in [4.69, 9.17) is 10.2 Å². The molecule has 0 aromatic heterocycles. The zero-order valence-corrected chi connectivity index (χ0v) is 8.64. The average Bonchev–Trinajstić information content (AvgIpc) is 2.10. The van der Waals surface area contributed by atoms with Crippen LogP contribution >= 0.6 is 0 Å². The van der Waals surface area contributed by atoms with Crippen LogP contribution in [-0.4, -0.2) is 21.3 Å². The second kappa shape index (κ2) is 4.21. The van der Waals surface area contributed by atoms with Gasteiger partial charge in [0.2, 0.25) is 0 Å². The van der Waals surface area contributed by atoms with Crippen LogP contribution in [0.3, 0.4) is 0 Å². The monoisotopic (exact) mass is 210 g/mol. The summed E-state index contributed by atoms with van der Waals surface area (Å²) in [6, 6.07) is 4.09. The molecule has 1 aromatic carbocycles. The van der Waals surface area contributed by atoms with E-state index >= 15 is 0 Å².